The summed E-state index contributed by atoms with van der Waals surface area (Å²) in [4.78, 5) is 27.2. The molecular formula is C18H23FN2O3. The molecule has 1 saturated heterocycles. The molecule has 1 aliphatic heterocycles. The van der Waals surface area contributed by atoms with Crippen LogP contribution in [0.5, 0.6) is 0 Å². The summed E-state index contributed by atoms with van der Waals surface area (Å²) >= 11 is 0. The van der Waals surface area contributed by atoms with Crippen molar-refractivity contribution in [2.75, 3.05) is 26.7 Å². The van der Waals surface area contributed by atoms with Gasteiger partial charge in [-0.2, -0.15) is 0 Å². The van der Waals surface area contributed by atoms with Crippen LogP contribution in [-0.4, -0.2) is 59.5 Å². The molecule has 0 bridgehead atoms. The van der Waals surface area contributed by atoms with Crippen LogP contribution in [0.2, 0.25) is 0 Å². The Morgan fingerprint density at radius 2 is 2.00 bits per heavy atom. The SMILES string of the molecule is CN(CC(=O)N1CCC(O)CC1)C(=O)C/C=C/c1ccccc1F. The van der Waals surface area contributed by atoms with Gasteiger partial charge in [-0.1, -0.05) is 30.4 Å². The van der Waals surface area contributed by atoms with Crippen LogP contribution in [0.25, 0.3) is 6.08 Å². The Morgan fingerprint density at radius 3 is 2.67 bits per heavy atom. The second-order valence-corrected chi connectivity index (χ2v) is 5.99. The van der Waals surface area contributed by atoms with Gasteiger partial charge in [0, 0.05) is 32.1 Å². The van der Waals surface area contributed by atoms with E-state index in [1.165, 1.54) is 11.0 Å². The van der Waals surface area contributed by atoms with Crippen molar-refractivity contribution in [3.05, 3.63) is 41.7 Å². The third-order valence-electron chi connectivity index (χ3n) is 4.11. The summed E-state index contributed by atoms with van der Waals surface area (Å²) in [5.41, 5.74) is 0.427. The fraction of sp³-hybridized carbons (Fsp3) is 0.444. The van der Waals surface area contributed by atoms with E-state index in [0.717, 1.165) is 0 Å². The molecule has 0 aliphatic carbocycles. The van der Waals surface area contributed by atoms with Crippen molar-refractivity contribution in [1.29, 1.82) is 0 Å². The predicted molar refractivity (Wildman–Crippen MR) is 89.5 cm³/mol. The Hall–Kier alpha value is -2.21. The maximum absolute atomic E-state index is 13.5. The smallest absolute Gasteiger partial charge is 0.242 e. The van der Waals surface area contributed by atoms with Crippen LogP contribution in [0, 0.1) is 5.82 Å². The maximum atomic E-state index is 13.5. The third kappa shape index (κ3) is 5.16. The minimum Gasteiger partial charge on any atom is -0.393 e. The lowest BCUT2D eigenvalue weighted by molar-refractivity contribution is -0.140. The van der Waals surface area contributed by atoms with Gasteiger partial charge in [0.15, 0.2) is 0 Å². The van der Waals surface area contributed by atoms with E-state index < -0.39 is 0 Å². The fourth-order valence-electron chi connectivity index (χ4n) is 2.56. The number of carbonyl (C=O) groups is 2. The average Bonchev–Trinajstić information content (AvgIpc) is 2.57. The number of aliphatic hydroxyl groups excluding tert-OH is 1. The normalized spacial score (nSPS) is 15.7. The van der Waals surface area contributed by atoms with E-state index in [2.05, 4.69) is 0 Å². The fourth-order valence-corrected chi connectivity index (χ4v) is 2.56. The Kier molecular flexibility index (Phi) is 6.49. The number of aliphatic hydroxyl groups is 1. The highest BCUT2D eigenvalue weighted by Crippen LogP contribution is 2.11. The summed E-state index contributed by atoms with van der Waals surface area (Å²) in [6.07, 6.45) is 4.09. The molecule has 1 fully saturated rings. The lowest BCUT2D eigenvalue weighted by atomic mass is 10.1. The van der Waals surface area contributed by atoms with Crippen LogP contribution < -0.4 is 0 Å². The molecule has 1 heterocycles. The number of carbonyl (C=O) groups excluding carboxylic acids is 2. The minimum absolute atomic E-state index is 0.0163. The van der Waals surface area contributed by atoms with Gasteiger partial charge in [-0.25, -0.2) is 4.39 Å². The molecule has 6 heteroatoms. The van der Waals surface area contributed by atoms with Gasteiger partial charge in [-0.15, -0.1) is 0 Å². The Labute approximate surface area is 141 Å². The predicted octanol–water partition coefficient (Wildman–Crippen LogP) is 1.67. The quantitative estimate of drug-likeness (QED) is 0.891. The van der Waals surface area contributed by atoms with Crippen LogP contribution in [-0.2, 0) is 9.59 Å². The number of nitrogens with zero attached hydrogens (tertiary/aromatic N) is 2. The lowest BCUT2D eigenvalue weighted by Crippen LogP contribution is -2.45. The van der Waals surface area contributed by atoms with E-state index in [9.17, 15) is 19.1 Å². The van der Waals surface area contributed by atoms with Crippen molar-refractivity contribution >= 4 is 17.9 Å². The first-order chi connectivity index (χ1) is 11.5. The first-order valence-electron chi connectivity index (χ1n) is 8.08. The molecule has 1 N–H and O–H groups in total. The summed E-state index contributed by atoms with van der Waals surface area (Å²) < 4.78 is 13.5. The number of benzene rings is 1. The minimum atomic E-state index is -0.336. The van der Waals surface area contributed by atoms with Crippen LogP contribution in [0.15, 0.2) is 30.3 Å². The van der Waals surface area contributed by atoms with Crippen molar-refractivity contribution in [3.8, 4) is 0 Å². The molecule has 130 valence electrons. The molecule has 0 aromatic heterocycles. The molecule has 1 aromatic rings. The molecule has 2 rings (SSSR count). The average molecular weight is 334 g/mol. The zero-order valence-corrected chi connectivity index (χ0v) is 13.8. The van der Waals surface area contributed by atoms with Crippen LogP contribution in [0.4, 0.5) is 4.39 Å². The zero-order valence-electron chi connectivity index (χ0n) is 13.8. The second-order valence-electron chi connectivity index (χ2n) is 5.99. The molecule has 0 spiro atoms. The van der Waals surface area contributed by atoms with Gasteiger partial charge in [0.2, 0.25) is 11.8 Å². The zero-order chi connectivity index (χ0) is 17.5. The molecule has 0 saturated carbocycles. The molecule has 24 heavy (non-hydrogen) atoms. The maximum Gasteiger partial charge on any atom is 0.242 e. The Bertz CT molecular complexity index is 610. The van der Waals surface area contributed by atoms with Crippen molar-refractivity contribution in [2.45, 2.75) is 25.4 Å². The van der Waals surface area contributed by atoms with E-state index in [1.807, 2.05) is 0 Å². The number of rotatable bonds is 5. The number of likely N-dealkylation sites (N-methyl/N-ethyl adjacent to an activating group) is 1. The largest absolute Gasteiger partial charge is 0.393 e. The highest BCUT2D eigenvalue weighted by atomic mass is 19.1. The van der Waals surface area contributed by atoms with Gasteiger partial charge < -0.3 is 14.9 Å². The standard InChI is InChI=1S/C18H23FN2O3/c1-20(13-18(24)21-11-9-15(22)10-12-21)17(23)8-4-6-14-5-2-3-7-16(14)19/h2-7,15,22H,8-13H2,1H3/b6-4+. The molecular weight excluding hydrogens is 311 g/mol. The summed E-state index contributed by atoms with van der Waals surface area (Å²) in [6, 6.07) is 6.33. The molecule has 5 nitrogen and oxygen atoms in total. The topological polar surface area (TPSA) is 60.9 Å². The molecule has 1 aliphatic rings. The highest BCUT2D eigenvalue weighted by Gasteiger charge is 2.22. The summed E-state index contributed by atoms with van der Waals surface area (Å²) in [5.74, 6) is -0.652. The van der Waals surface area contributed by atoms with Gasteiger partial charge in [-0.05, 0) is 18.9 Å². The van der Waals surface area contributed by atoms with Crippen molar-refractivity contribution in [3.63, 3.8) is 0 Å². The number of hydrogen-bond donors (Lipinski definition) is 1. The van der Waals surface area contributed by atoms with Crippen molar-refractivity contribution in [1.82, 2.24) is 9.80 Å². The molecule has 0 radical (unpaired) electrons. The van der Waals surface area contributed by atoms with Crippen molar-refractivity contribution < 1.29 is 19.1 Å². The van der Waals surface area contributed by atoms with Crippen LogP contribution in [0.1, 0.15) is 24.8 Å². The van der Waals surface area contributed by atoms with Gasteiger partial charge >= 0.3 is 0 Å². The van der Waals surface area contributed by atoms with E-state index in [0.29, 0.717) is 31.5 Å². The number of likely N-dealkylation sites (tertiary alicyclic amines) is 1. The Balaban J connectivity index is 1.79. The number of piperidine rings is 1. The van der Waals surface area contributed by atoms with Gasteiger partial charge in [0.1, 0.15) is 5.82 Å². The summed E-state index contributed by atoms with van der Waals surface area (Å²) in [5, 5.41) is 9.45. The van der Waals surface area contributed by atoms with Crippen LogP contribution >= 0.6 is 0 Å². The number of amides is 2. The monoisotopic (exact) mass is 334 g/mol. The van der Waals surface area contributed by atoms with Crippen molar-refractivity contribution in [2.24, 2.45) is 0 Å². The third-order valence-corrected chi connectivity index (χ3v) is 4.11. The van der Waals surface area contributed by atoms with E-state index in [-0.39, 0.29) is 36.7 Å². The number of halogens is 1. The second kappa shape index (κ2) is 8.59. The first kappa shape index (κ1) is 18.1. The van der Waals surface area contributed by atoms with Gasteiger partial charge in [0.05, 0.1) is 12.6 Å². The van der Waals surface area contributed by atoms with Gasteiger partial charge in [-0.3, -0.25) is 9.59 Å². The summed E-state index contributed by atoms with van der Waals surface area (Å²) in [7, 11) is 1.58. The lowest BCUT2D eigenvalue weighted by Gasteiger charge is -2.31. The molecule has 0 unspecified atom stereocenters. The summed E-state index contributed by atoms with van der Waals surface area (Å²) in [6.45, 7) is 1.06. The van der Waals surface area contributed by atoms with E-state index in [4.69, 9.17) is 0 Å². The highest BCUT2D eigenvalue weighted by molar-refractivity contribution is 5.85. The van der Waals surface area contributed by atoms with E-state index in [1.54, 1.807) is 42.3 Å². The van der Waals surface area contributed by atoms with Gasteiger partial charge in [0.25, 0.3) is 0 Å². The molecule has 0 atom stereocenters. The molecule has 1 aromatic carbocycles. The van der Waals surface area contributed by atoms with Crippen LogP contribution in [0.3, 0.4) is 0 Å². The molecule has 2 amide bonds. The Morgan fingerprint density at radius 1 is 1.33 bits per heavy atom. The van der Waals surface area contributed by atoms with E-state index >= 15 is 0 Å². The number of hydrogen-bond acceptors (Lipinski definition) is 3. The first-order valence-corrected chi connectivity index (χ1v) is 8.08.